The van der Waals surface area contributed by atoms with Crippen molar-refractivity contribution in [1.29, 1.82) is 0 Å². The van der Waals surface area contributed by atoms with Crippen LogP contribution in [-0.4, -0.2) is 38.7 Å². The number of carbonyl (C=O) groups is 1. The lowest BCUT2D eigenvalue weighted by atomic mass is 10.1. The first-order valence-corrected chi connectivity index (χ1v) is 9.25. The topological polar surface area (TPSA) is 75.9 Å². The zero-order valence-electron chi connectivity index (χ0n) is 15.1. The zero-order valence-corrected chi connectivity index (χ0v) is 15.1. The molecule has 4 rings (SSSR count). The Hall–Kier alpha value is -3.22. The number of anilines is 1. The van der Waals surface area contributed by atoms with Crippen LogP contribution in [0.25, 0.3) is 5.69 Å². The van der Waals surface area contributed by atoms with Crippen molar-refractivity contribution in [1.82, 2.24) is 25.1 Å². The van der Waals surface area contributed by atoms with Crippen molar-refractivity contribution < 1.29 is 4.79 Å². The second-order valence-electron chi connectivity index (χ2n) is 6.56. The molecule has 1 saturated heterocycles. The molecule has 1 aromatic carbocycles. The summed E-state index contributed by atoms with van der Waals surface area (Å²) in [7, 11) is 0. The Morgan fingerprint density at radius 2 is 1.96 bits per heavy atom. The minimum Gasteiger partial charge on any atom is -0.357 e. The molecule has 3 heterocycles. The van der Waals surface area contributed by atoms with Gasteiger partial charge in [-0.25, -0.2) is 14.6 Å². The van der Waals surface area contributed by atoms with E-state index in [1.165, 1.54) is 19.3 Å². The summed E-state index contributed by atoms with van der Waals surface area (Å²) in [6.45, 7) is 2.36. The van der Waals surface area contributed by atoms with Crippen LogP contribution in [-0.2, 0) is 6.54 Å². The van der Waals surface area contributed by atoms with Crippen molar-refractivity contribution in [3.8, 4) is 5.69 Å². The summed E-state index contributed by atoms with van der Waals surface area (Å²) >= 11 is 0. The quantitative estimate of drug-likeness (QED) is 0.755. The minimum absolute atomic E-state index is 0.156. The van der Waals surface area contributed by atoms with Gasteiger partial charge in [0.15, 0.2) is 0 Å². The van der Waals surface area contributed by atoms with E-state index in [1.807, 2.05) is 36.5 Å². The van der Waals surface area contributed by atoms with Crippen LogP contribution in [0.1, 0.15) is 35.4 Å². The Bertz CT molecular complexity index is 902. The minimum atomic E-state index is -0.156. The van der Waals surface area contributed by atoms with E-state index in [4.69, 9.17) is 0 Å². The molecule has 0 radical (unpaired) electrons. The van der Waals surface area contributed by atoms with Gasteiger partial charge >= 0.3 is 0 Å². The van der Waals surface area contributed by atoms with Gasteiger partial charge in [-0.1, -0.05) is 6.07 Å². The van der Waals surface area contributed by atoms with Crippen LogP contribution in [0.5, 0.6) is 0 Å². The fourth-order valence-corrected chi connectivity index (χ4v) is 3.25. The molecule has 1 aliphatic heterocycles. The maximum Gasteiger partial charge on any atom is 0.251 e. The highest BCUT2D eigenvalue weighted by molar-refractivity contribution is 5.94. The number of piperidine rings is 1. The van der Waals surface area contributed by atoms with Crippen LogP contribution in [0.3, 0.4) is 0 Å². The highest BCUT2D eigenvalue weighted by Gasteiger charge is 2.13. The maximum atomic E-state index is 12.5. The van der Waals surface area contributed by atoms with Crippen molar-refractivity contribution in [3.63, 3.8) is 0 Å². The summed E-state index contributed by atoms with van der Waals surface area (Å²) < 4.78 is 1.72. The molecule has 27 heavy (non-hydrogen) atoms. The molecule has 1 N–H and O–H groups in total. The molecule has 0 unspecified atom stereocenters. The van der Waals surface area contributed by atoms with Gasteiger partial charge in [-0.15, -0.1) is 0 Å². The molecule has 3 aromatic rings. The third-order valence-corrected chi connectivity index (χ3v) is 4.66. The summed E-state index contributed by atoms with van der Waals surface area (Å²) in [5, 5.41) is 7.10. The van der Waals surface area contributed by atoms with Crippen molar-refractivity contribution in [3.05, 3.63) is 66.4 Å². The van der Waals surface area contributed by atoms with Gasteiger partial charge in [0.05, 0.1) is 12.2 Å². The van der Waals surface area contributed by atoms with Gasteiger partial charge in [0.1, 0.15) is 11.6 Å². The largest absolute Gasteiger partial charge is 0.357 e. The maximum absolute atomic E-state index is 12.5. The van der Waals surface area contributed by atoms with Gasteiger partial charge in [-0.2, -0.15) is 5.10 Å². The van der Waals surface area contributed by atoms with E-state index >= 15 is 0 Å². The number of carbonyl (C=O) groups excluding carboxylic acids is 1. The fourth-order valence-electron chi connectivity index (χ4n) is 3.25. The smallest absolute Gasteiger partial charge is 0.251 e. The lowest BCUT2D eigenvalue weighted by Crippen LogP contribution is -2.31. The molecule has 1 aliphatic rings. The molecule has 1 amide bonds. The Kier molecular flexibility index (Phi) is 5.09. The number of hydrogen-bond donors (Lipinski definition) is 1. The van der Waals surface area contributed by atoms with Crippen molar-refractivity contribution in [2.75, 3.05) is 18.0 Å². The Labute approximate surface area is 158 Å². The number of hydrogen-bond acceptors (Lipinski definition) is 5. The van der Waals surface area contributed by atoms with E-state index in [0.29, 0.717) is 17.9 Å². The van der Waals surface area contributed by atoms with E-state index in [0.717, 1.165) is 24.6 Å². The van der Waals surface area contributed by atoms with Crippen LogP contribution >= 0.6 is 0 Å². The van der Waals surface area contributed by atoms with Crippen molar-refractivity contribution in [2.45, 2.75) is 25.8 Å². The first-order valence-electron chi connectivity index (χ1n) is 9.25. The van der Waals surface area contributed by atoms with Gasteiger partial charge in [0.2, 0.25) is 0 Å². The van der Waals surface area contributed by atoms with Crippen LogP contribution < -0.4 is 10.2 Å². The molecule has 0 spiro atoms. The molecule has 138 valence electrons. The molecule has 7 heteroatoms. The van der Waals surface area contributed by atoms with Crippen LogP contribution in [0.15, 0.2) is 55.0 Å². The first kappa shape index (κ1) is 17.2. The molecule has 0 bridgehead atoms. The van der Waals surface area contributed by atoms with E-state index < -0.39 is 0 Å². The number of rotatable bonds is 5. The average Bonchev–Trinajstić information content (AvgIpc) is 3.28. The summed E-state index contributed by atoms with van der Waals surface area (Å²) in [6.07, 6.45) is 8.99. The monoisotopic (exact) mass is 362 g/mol. The predicted molar refractivity (Wildman–Crippen MR) is 103 cm³/mol. The summed E-state index contributed by atoms with van der Waals surface area (Å²) in [6, 6.07) is 11.1. The molecule has 0 aliphatic carbocycles. The van der Waals surface area contributed by atoms with Crippen LogP contribution in [0.2, 0.25) is 0 Å². The molecule has 7 nitrogen and oxygen atoms in total. The number of nitrogens with zero attached hydrogens (tertiary/aromatic N) is 5. The highest BCUT2D eigenvalue weighted by atomic mass is 16.1. The van der Waals surface area contributed by atoms with E-state index in [2.05, 4.69) is 25.3 Å². The Morgan fingerprint density at radius 1 is 1.07 bits per heavy atom. The van der Waals surface area contributed by atoms with Gasteiger partial charge in [-0.05, 0) is 49.6 Å². The Balaban J connectivity index is 1.41. The average molecular weight is 362 g/mol. The Morgan fingerprint density at radius 3 is 2.78 bits per heavy atom. The number of nitrogens with one attached hydrogen (secondary N) is 1. The zero-order chi connectivity index (χ0) is 18.5. The number of amides is 1. The predicted octanol–water partition coefficient (Wildman–Crippen LogP) is 2.58. The van der Waals surface area contributed by atoms with Gasteiger partial charge < -0.3 is 10.2 Å². The van der Waals surface area contributed by atoms with Gasteiger partial charge in [0, 0.05) is 37.2 Å². The molecule has 0 atom stereocenters. The SMILES string of the molecule is O=C(NCc1nccc(N2CCCCC2)n1)c1cccc(-n2cccn2)c1. The molecule has 1 fully saturated rings. The fraction of sp³-hybridized carbons (Fsp3) is 0.300. The number of benzene rings is 1. The molecule has 2 aromatic heterocycles. The standard InChI is InChI=1S/C20H22N6O/c27-20(16-6-4-7-17(14-16)26-13-5-9-23-26)22-15-18-21-10-8-19(24-18)25-11-2-1-3-12-25/h4-10,13-14H,1-3,11-12,15H2,(H,22,27). The number of aromatic nitrogens is 4. The van der Waals surface area contributed by atoms with Crippen LogP contribution in [0.4, 0.5) is 5.82 Å². The molecular weight excluding hydrogens is 340 g/mol. The summed E-state index contributed by atoms with van der Waals surface area (Å²) in [5.74, 6) is 1.40. The normalized spacial score (nSPS) is 14.1. The van der Waals surface area contributed by atoms with E-state index in [9.17, 15) is 4.79 Å². The molecule has 0 saturated carbocycles. The summed E-state index contributed by atoms with van der Waals surface area (Å²) in [4.78, 5) is 23.7. The lowest BCUT2D eigenvalue weighted by molar-refractivity contribution is 0.0950. The van der Waals surface area contributed by atoms with E-state index in [-0.39, 0.29) is 5.91 Å². The lowest BCUT2D eigenvalue weighted by Gasteiger charge is -2.27. The van der Waals surface area contributed by atoms with Crippen LogP contribution in [0, 0.1) is 0 Å². The highest BCUT2D eigenvalue weighted by Crippen LogP contribution is 2.17. The second-order valence-corrected chi connectivity index (χ2v) is 6.56. The van der Waals surface area contributed by atoms with Crippen molar-refractivity contribution in [2.24, 2.45) is 0 Å². The third kappa shape index (κ3) is 4.13. The van der Waals surface area contributed by atoms with E-state index in [1.54, 1.807) is 23.1 Å². The van der Waals surface area contributed by atoms with Crippen molar-refractivity contribution >= 4 is 11.7 Å². The van der Waals surface area contributed by atoms with Gasteiger partial charge in [-0.3, -0.25) is 4.79 Å². The first-order chi connectivity index (χ1) is 13.3. The van der Waals surface area contributed by atoms with Gasteiger partial charge in [0.25, 0.3) is 5.91 Å². The summed E-state index contributed by atoms with van der Waals surface area (Å²) in [5.41, 5.74) is 1.42. The molecular formula is C20H22N6O. The third-order valence-electron chi connectivity index (χ3n) is 4.66. The second kappa shape index (κ2) is 7.99.